The highest BCUT2D eigenvalue weighted by Gasteiger charge is 2.21. The van der Waals surface area contributed by atoms with E-state index in [1.54, 1.807) is 11.8 Å². The summed E-state index contributed by atoms with van der Waals surface area (Å²) in [6.07, 6.45) is 0. The smallest absolute Gasteiger partial charge is 0.0464 e. The third-order valence-corrected chi connectivity index (χ3v) is 6.05. The molecular formula is C22H21NS3. The van der Waals surface area contributed by atoms with Crippen molar-refractivity contribution in [2.75, 3.05) is 5.32 Å². The fourth-order valence-corrected chi connectivity index (χ4v) is 4.55. The van der Waals surface area contributed by atoms with Crippen LogP contribution in [0.15, 0.2) is 77.0 Å². The van der Waals surface area contributed by atoms with Crippen LogP contribution in [0, 0.1) is 6.92 Å². The topological polar surface area (TPSA) is 12.0 Å². The van der Waals surface area contributed by atoms with Crippen molar-refractivity contribution in [3.05, 3.63) is 99.3 Å². The molecule has 1 heterocycles. The van der Waals surface area contributed by atoms with Crippen LogP contribution in [0.4, 0.5) is 11.4 Å². The number of thiol groups is 1. The standard InChI is InChI=1S/C22H19NS2.H2S/c1-15-8-2-3-9-16(15)14-25-22(24)21-17-10-4-6-12-19(17)23-20-13-7-5-11-18(20)21;/h2-13,23-24H,14H2,1H3;1H2. The average Bonchev–Trinajstić information content (AvgIpc) is 2.65. The molecule has 1 aliphatic heterocycles. The van der Waals surface area contributed by atoms with Crippen molar-refractivity contribution in [3.8, 4) is 0 Å². The predicted octanol–water partition coefficient (Wildman–Crippen LogP) is 6.74. The van der Waals surface area contributed by atoms with Crippen molar-refractivity contribution in [2.24, 2.45) is 0 Å². The van der Waals surface area contributed by atoms with E-state index in [0.717, 1.165) is 21.4 Å². The van der Waals surface area contributed by atoms with Gasteiger partial charge in [-0.05, 0) is 30.2 Å². The Kier molecular flexibility index (Phi) is 6.07. The van der Waals surface area contributed by atoms with Gasteiger partial charge in [0.2, 0.25) is 0 Å². The van der Waals surface area contributed by atoms with E-state index in [9.17, 15) is 0 Å². The van der Waals surface area contributed by atoms with Gasteiger partial charge in [-0.15, -0.1) is 24.4 Å². The lowest BCUT2D eigenvalue weighted by Crippen LogP contribution is -2.06. The molecule has 1 aliphatic rings. The molecular weight excluding hydrogens is 374 g/mol. The van der Waals surface area contributed by atoms with Gasteiger partial charge in [-0.25, -0.2) is 0 Å². The van der Waals surface area contributed by atoms with Crippen molar-refractivity contribution >= 4 is 54.8 Å². The number of rotatable bonds is 3. The number of para-hydroxylation sites is 2. The Morgan fingerprint density at radius 2 is 1.38 bits per heavy atom. The molecule has 0 fully saturated rings. The molecule has 0 saturated heterocycles. The SMILES string of the molecule is Cc1ccccc1CSC(S)=C1c2ccccc2Nc2ccccc21.S. The number of benzene rings is 3. The van der Waals surface area contributed by atoms with Crippen LogP contribution in [0.3, 0.4) is 0 Å². The molecule has 0 radical (unpaired) electrons. The van der Waals surface area contributed by atoms with E-state index in [-0.39, 0.29) is 13.5 Å². The molecule has 0 aliphatic carbocycles. The molecule has 0 amide bonds. The third kappa shape index (κ3) is 3.68. The zero-order chi connectivity index (χ0) is 17.2. The molecule has 132 valence electrons. The van der Waals surface area contributed by atoms with Crippen LogP contribution in [0.25, 0.3) is 5.57 Å². The summed E-state index contributed by atoms with van der Waals surface area (Å²) in [5.41, 5.74) is 8.60. The lowest BCUT2D eigenvalue weighted by atomic mass is 9.93. The highest BCUT2D eigenvalue weighted by Crippen LogP contribution is 2.45. The maximum absolute atomic E-state index is 4.90. The molecule has 26 heavy (non-hydrogen) atoms. The predicted molar refractivity (Wildman–Crippen MR) is 124 cm³/mol. The van der Waals surface area contributed by atoms with Gasteiger partial charge in [-0.1, -0.05) is 60.7 Å². The minimum atomic E-state index is 0. The highest BCUT2D eigenvalue weighted by molar-refractivity contribution is 8.15. The Morgan fingerprint density at radius 3 is 2.00 bits per heavy atom. The molecule has 0 saturated carbocycles. The zero-order valence-electron chi connectivity index (χ0n) is 14.5. The Morgan fingerprint density at radius 1 is 0.846 bits per heavy atom. The second-order valence-corrected chi connectivity index (χ2v) is 7.85. The summed E-state index contributed by atoms with van der Waals surface area (Å²) >= 11 is 6.70. The quantitative estimate of drug-likeness (QED) is 0.372. The summed E-state index contributed by atoms with van der Waals surface area (Å²) in [6, 6.07) is 25.4. The monoisotopic (exact) mass is 395 g/mol. The molecule has 3 aromatic carbocycles. The summed E-state index contributed by atoms with van der Waals surface area (Å²) in [6.45, 7) is 2.16. The van der Waals surface area contributed by atoms with E-state index < -0.39 is 0 Å². The van der Waals surface area contributed by atoms with Crippen molar-refractivity contribution in [1.82, 2.24) is 0 Å². The molecule has 0 bridgehead atoms. The van der Waals surface area contributed by atoms with Gasteiger partial charge >= 0.3 is 0 Å². The van der Waals surface area contributed by atoms with Crippen LogP contribution in [0.2, 0.25) is 0 Å². The summed E-state index contributed by atoms with van der Waals surface area (Å²) in [4.78, 5) is 0. The minimum Gasteiger partial charge on any atom is -0.355 e. The second kappa shape index (κ2) is 8.30. The molecule has 4 heteroatoms. The third-order valence-electron chi connectivity index (χ3n) is 4.50. The summed E-state index contributed by atoms with van der Waals surface area (Å²) in [5.74, 6) is 0.923. The maximum atomic E-state index is 4.90. The molecule has 4 rings (SSSR count). The van der Waals surface area contributed by atoms with E-state index in [4.69, 9.17) is 12.6 Å². The number of fused-ring (bicyclic) bond motifs is 2. The molecule has 0 atom stereocenters. The van der Waals surface area contributed by atoms with E-state index in [0.29, 0.717) is 0 Å². The largest absolute Gasteiger partial charge is 0.355 e. The Bertz CT molecular complexity index is 915. The average molecular weight is 396 g/mol. The van der Waals surface area contributed by atoms with Gasteiger partial charge in [-0.2, -0.15) is 13.5 Å². The first kappa shape index (κ1) is 19.0. The molecule has 3 aromatic rings. The molecule has 0 aromatic heterocycles. The van der Waals surface area contributed by atoms with E-state index in [2.05, 4.69) is 85.0 Å². The van der Waals surface area contributed by atoms with Gasteiger partial charge in [0, 0.05) is 38.1 Å². The van der Waals surface area contributed by atoms with Crippen LogP contribution in [-0.2, 0) is 5.75 Å². The minimum absolute atomic E-state index is 0. The van der Waals surface area contributed by atoms with Crippen LogP contribution in [0.1, 0.15) is 22.3 Å². The molecule has 0 unspecified atom stereocenters. The lowest BCUT2D eigenvalue weighted by molar-refractivity contribution is 1.31. The Balaban J connectivity index is 0.00000196. The van der Waals surface area contributed by atoms with E-state index >= 15 is 0 Å². The second-order valence-electron chi connectivity index (χ2n) is 6.11. The van der Waals surface area contributed by atoms with Crippen molar-refractivity contribution in [3.63, 3.8) is 0 Å². The number of anilines is 2. The molecule has 1 N–H and O–H groups in total. The number of thioether (sulfide) groups is 1. The number of aryl methyl sites for hydroxylation is 1. The highest BCUT2D eigenvalue weighted by atomic mass is 32.2. The summed E-state index contributed by atoms with van der Waals surface area (Å²) < 4.78 is 1.06. The van der Waals surface area contributed by atoms with Gasteiger partial charge in [0.1, 0.15) is 0 Å². The van der Waals surface area contributed by atoms with Crippen LogP contribution in [0.5, 0.6) is 0 Å². The van der Waals surface area contributed by atoms with Crippen molar-refractivity contribution < 1.29 is 0 Å². The van der Waals surface area contributed by atoms with Crippen LogP contribution < -0.4 is 5.32 Å². The molecule has 0 spiro atoms. The maximum Gasteiger partial charge on any atom is 0.0464 e. The van der Waals surface area contributed by atoms with Gasteiger partial charge in [-0.3, -0.25) is 0 Å². The lowest BCUT2D eigenvalue weighted by Gasteiger charge is -2.25. The fourth-order valence-electron chi connectivity index (χ4n) is 3.13. The number of nitrogens with one attached hydrogen (secondary N) is 1. The molecule has 1 nitrogen and oxygen atoms in total. The number of hydrogen-bond acceptors (Lipinski definition) is 3. The normalized spacial score (nSPS) is 11.7. The van der Waals surface area contributed by atoms with Crippen LogP contribution in [-0.4, -0.2) is 0 Å². The van der Waals surface area contributed by atoms with Gasteiger partial charge in [0.05, 0.1) is 0 Å². The fraction of sp³-hybridized carbons (Fsp3) is 0.0909. The van der Waals surface area contributed by atoms with Crippen molar-refractivity contribution in [1.29, 1.82) is 0 Å². The van der Waals surface area contributed by atoms with E-state index in [1.165, 1.54) is 27.8 Å². The van der Waals surface area contributed by atoms with Gasteiger partial charge < -0.3 is 5.32 Å². The first-order valence-electron chi connectivity index (χ1n) is 8.30. The Hall–Kier alpha value is -1.75. The number of hydrogen-bond donors (Lipinski definition) is 2. The Labute approximate surface area is 171 Å². The van der Waals surface area contributed by atoms with Gasteiger partial charge in [0.25, 0.3) is 0 Å². The van der Waals surface area contributed by atoms with E-state index in [1.807, 2.05) is 0 Å². The first-order chi connectivity index (χ1) is 12.2. The first-order valence-corrected chi connectivity index (χ1v) is 9.73. The van der Waals surface area contributed by atoms with Crippen LogP contribution >= 0.6 is 37.9 Å². The van der Waals surface area contributed by atoms with Crippen molar-refractivity contribution in [2.45, 2.75) is 12.7 Å². The summed E-state index contributed by atoms with van der Waals surface area (Å²) in [7, 11) is 0. The summed E-state index contributed by atoms with van der Waals surface area (Å²) in [5, 5.41) is 3.53. The van der Waals surface area contributed by atoms with Gasteiger partial charge in [0.15, 0.2) is 0 Å². The zero-order valence-corrected chi connectivity index (χ0v) is 17.2.